The Labute approximate surface area is 170 Å². The number of aromatic carboxylic acids is 1. The van der Waals surface area contributed by atoms with E-state index in [1.54, 1.807) is 17.5 Å². The largest absolute Gasteiger partial charge is 0.545 e. The highest BCUT2D eigenvalue weighted by Crippen LogP contribution is 2.36. The molecule has 1 heterocycles. The fraction of sp³-hybridized carbons (Fsp3) is 0. The maximum Gasteiger partial charge on any atom is 0.257 e. The summed E-state index contributed by atoms with van der Waals surface area (Å²) in [5.74, 6) is -1.67. The zero-order chi connectivity index (χ0) is 18.0. The van der Waals surface area contributed by atoms with Crippen molar-refractivity contribution in [3.63, 3.8) is 0 Å². The first-order valence-electron chi connectivity index (χ1n) is 7.12. The van der Waals surface area contributed by atoms with E-state index in [4.69, 9.17) is 0 Å². The van der Waals surface area contributed by atoms with Crippen LogP contribution in [0.1, 0.15) is 20.7 Å². The highest BCUT2D eigenvalue weighted by Gasteiger charge is 2.18. The van der Waals surface area contributed by atoms with Crippen LogP contribution >= 0.6 is 49.9 Å². The van der Waals surface area contributed by atoms with Gasteiger partial charge in [0.25, 0.3) is 5.91 Å². The molecule has 0 saturated carbocycles. The van der Waals surface area contributed by atoms with Crippen molar-refractivity contribution >= 4 is 66.7 Å². The number of hydrogen-bond acceptors (Lipinski definition) is 4. The van der Waals surface area contributed by atoms with Crippen molar-refractivity contribution in [2.24, 2.45) is 0 Å². The SMILES string of the molecule is O=C(Nc1scc(-c2ccc(Br)cc2)c1C(=O)[O-])c1ccccc1I. The van der Waals surface area contributed by atoms with Crippen LogP contribution < -0.4 is 10.4 Å². The summed E-state index contributed by atoms with van der Waals surface area (Å²) in [4.78, 5) is 24.1. The molecule has 0 aliphatic rings. The van der Waals surface area contributed by atoms with E-state index in [2.05, 4.69) is 43.8 Å². The molecule has 0 saturated heterocycles. The van der Waals surface area contributed by atoms with Gasteiger partial charge in [-0.3, -0.25) is 4.79 Å². The number of carboxylic acid groups (broad SMARTS) is 1. The van der Waals surface area contributed by atoms with Crippen molar-refractivity contribution < 1.29 is 14.7 Å². The summed E-state index contributed by atoms with van der Waals surface area (Å²) < 4.78 is 1.69. The Kier molecular flexibility index (Phi) is 5.55. The molecule has 3 aromatic rings. The van der Waals surface area contributed by atoms with Crippen LogP contribution in [-0.4, -0.2) is 11.9 Å². The van der Waals surface area contributed by atoms with Gasteiger partial charge in [0, 0.05) is 24.5 Å². The van der Waals surface area contributed by atoms with Gasteiger partial charge in [0.15, 0.2) is 0 Å². The van der Waals surface area contributed by atoms with Crippen LogP contribution in [0.3, 0.4) is 0 Å². The highest BCUT2D eigenvalue weighted by atomic mass is 127. The molecule has 126 valence electrons. The van der Waals surface area contributed by atoms with Crippen LogP contribution in [0.2, 0.25) is 0 Å². The van der Waals surface area contributed by atoms with Crippen LogP contribution in [-0.2, 0) is 0 Å². The van der Waals surface area contributed by atoms with Crippen LogP contribution in [0.15, 0.2) is 58.4 Å². The zero-order valence-electron chi connectivity index (χ0n) is 12.6. The van der Waals surface area contributed by atoms with Crippen molar-refractivity contribution in [3.8, 4) is 11.1 Å². The lowest BCUT2D eigenvalue weighted by Gasteiger charge is -2.11. The summed E-state index contributed by atoms with van der Waals surface area (Å²) in [7, 11) is 0. The van der Waals surface area contributed by atoms with Gasteiger partial charge in [0.05, 0.1) is 11.5 Å². The molecule has 1 N–H and O–H groups in total. The first kappa shape index (κ1) is 18.1. The number of carbonyl (C=O) groups is 2. The third-order valence-electron chi connectivity index (χ3n) is 3.50. The van der Waals surface area contributed by atoms with Gasteiger partial charge < -0.3 is 15.2 Å². The van der Waals surface area contributed by atoms with Crippen LogP contribution in [0.4, 0.5) is 5.00 Å². The molecule has 0 radical (unpaired) electrons. The van der Waals surface area contributed by atoms with Gasteiger partial charge in [-0.05, 0) is 52.4 Å². The van der Waals surface area contributed by atoms with E-state index in [0.717, 1.165) is 13.6 Å². The maximum absolute atomic E-state index is 12.5. The smallest absolute Gasteiger partial charge is 0.257 e. The number of rotatable bonds is 4. The van der Waals surface area contributed by atoms with Crippen LogP contribution in [0.5, 0.6) is 0 Å². The Morgan fingerprint density at radius 1 is 1.08 bits per heavy atom. The van der Waals surface area contributed by atoms with E-state index >= 15 is 0 Å². The van der Waals surface area contributed by atoms with Gasteiger partial charge in [-0.2, -0.15) is 0 Å². The van der Waals surface area contributed by atoms with Crippen molar-refractivity contribution in [3.05, 3.63) is 73.1 Å². The maximum atomic E-state index is 12.5. The minimum atomic E-state index is -1.32. The van der Waals surface area contributed by atoms with E-state index in [1.165, 1.54) is 11.3 Å². The molecule has 0 aliphatic carbocycles. The summed E-state index contributed by atoms with van der Waals surface area (Å²) in [5, 5.41) is 16.3. The molecular formula is C18H10BrINO3S-. The molecular weight excluding hydrogens is 517 g/mol. The fourth-order valence-electron chi connectivity index (χ4n) is 2.31. The summed E-state index contributed by atoms with van der Waals surface area (Å²) in [6.07, 6.45) is 0. The molecule has 0 spiro atoms. The average Bonchev–Trinajstić information content (AvgIpc) is 2.99. The van der Waals surface area contributed by atoms with Gasteiger partial charge in [-0.25, -0.2) is 0 Å². The summed E-state index contributed by atoms with van der Waals surface area (Å²) >= 11 is 6.59. The van der Waals surface area contributed by atoms with Crippen molar-refractivity contribution in [1.82, 2.24) is 0 Å². The topological polar surface area (TPSA) is 69.2 Å². The molecule has 0 aliphatic heterocycles. The zero-order valence-corrected chi connectivity index (χ0v) is 17.1. The van der Waals surface area contributed by atoms with Crippen molar-refractivity contribution in [2.75, 3.05) is 5.32 Å². The van der Waals surface area contributed by atoms with Crippen molar-refractivity contribution in [2.45, 2.75) is 0 Å². The second kappa shape index (κ2) is 7.67. The van der Waals surface area contributed by atoms with E-state index in [9.17, 15) is 14.7 Å². The average molecular weight is 527 g/mol. The Morgan fingerprint density at radius 3 is 2.40 bits per heavy atom. The summed E-state index contributed by atoms with van der Waals surface area (Å²) in [5.41, 5.74) is 1.75. The molecule has 2 aromatic carbocycles. The quantitative estimate of drug-likeness (QED) is 0.512. The molecule has 0 bridgehead atoms. The number of nitrogens with one attached hydrogen (secondary N) is 1. The predicted octanol–water partition coefficient (Wildman–Crippen LogP) is 4.40. The van der Waals surface area contributed by atoms with Gasteiger partial charge >= 0.3 is 0 Å². The molecule has 0 atom stereocenters. The monoisotopic (exact) mass is 526 g/mol. The second-order valence-electron chi connectivity index (χ2n) is 5.08. The van der Waals surface area contributed by atoms with E-state index in [1.807, 2.05) is 36.4 Å². The van der Waals surface area contributed by atoms with Gasteiger partial charge in [0.2, 0.25) is 0 Å². The third-order valence-corrected chi connectivity index (χ3v) is 5.86. The molecule has 0 fully saturated rings. The predicted molar refractivity (Wildman–Crippen MR) is 109 cm³/mol. The van der Waals surface area contributed by atoms with Crippen LogP contribution in [0, 0.1) is 3.57 Å². The van der Waals surface area contributed by atoms with E-state index in [0.29, 0.717) is 11.1 Å². The van der Waals surface area contributed by atoms with Crippen molar-refractivity contribution in [1.29, 1.82) is 0 Å². The number of thiophene rings is 1. The minimum Gasteiger partial charge on any atom is -0.545 e. The van der Waals surface area contributed by atoms with Gasteiger partial charge in [-0.15, -0.1) is 11.3 Å². The molecule has 25 heavy (non-hydrogen) atoms. The number of hydrogen-bond donors (Lipinski definition) is 1. The summed E-state index contributed by atoms with van der Waals surface area (Å²) in [6, 6.07) is 14.4. The first-order valence-corrected chi connectivity index (χ1v) is 9.87. The molecule has 1 aromatic heterocycles. The Morgan fingerprint density at radius 2 is 1.76 bits per heavy atom. The second-order valence-corrected chi connectivity index (χ2v) is 8.04. The third kappa shape index (κ3) is 3.94. The molecule has 3 rings (SSSR count). The minimum absolute atomic E-state index is 0.00777. The number of benzene rings is 2. The van der Waals surface area contributed by atoms with Gasteiger partial charge in [-0.1, -0.05) is 40.2 Å². The molecule has 4 nitrogen and oxygen atoms in total. The number of halogens is 2. The Bertz CT molecular complexity index is 953. The first-order chi connectivity index (χ1) is 12.0. The molecule has 7 heteroatoms. The number of amides is 1. The van der Waals surface area contributed by atoms with Gasteiger partial charge in [0.1, 0.15) is 5.00 Å². The standard InChI is InChI=1S/C18H11BrINO3S/c19-11-7-5-10(6-8-11)13-9-25-17(15(13)18(23)24)21-16(22)12-3-1-2-4-14(12)20/h1-9H,(H,21,22)(H,23,24)/p-1. The lowest BCUT2D eigenvalue weighted by Crippen LogP contribution is -2.24. The molecule has 0 unspecified atom stereocenters. The number of carboxylic acids is 1. The van der Waals surface area contributed by atoms with E-state index in [-0.39, 0.29) is 16.5 Å². The van der Waals surface area contributed by atoms with E-state index < -0.39 is 5.97 Å². The Hall–Kier alpha value is -1.71. The summed E-state index contributed by atoms with van der Waals surface area (Å²) in [6.45, 7) is 0. The lowest BCUT2D eigenvalue weighted by atomic mass is 10.0. The normalized spacial score (nSPS) is 10.5. The molecule has 1 amide bonds. The lowest BCUT2D eigenvalue weighted by molar-refractivity contribution is -0.254. The Balaban J connectivity index is 1.98. The van der Waals surface area contributed by atoms with Crippen LogP contribution in [0.25, 0.3) is 11.1 Å². The highest BCUT2D eigenvalue weighted by molar-refractivity contribution is 14.1. The fourth-order valence-corrected chi connectivity index (χ4v) is 4.16. The number of anilines is 1. The number of carbonyl (C=O) groups excluding carboxylic acids is 2.